The van der Waals surface area contributed by atoms with Crippen LogP contribution in [0.15, 0.2) is 12.4 Å². The molecule has 2 fully saturated rings. The van der Waals surface area contributed by atoms with Crippen molar-refractivity contribution in [1.29, 1.82) is 0 Å². The maximum absolute atomic E-state index is 12.9. The first kappa shape index (κ1) is 18.8. The summed E-state index contributed by atoms with van der Waals surface area (Å²) in [4.78, 5) is 24.7. The highest BCUT2D eigenvalue weighted by Crippen LogP contribution is 2.42. The Kier molecular flexibility index (Phi) is 4.91. The Morgan fingerprint density at radius 2 is 2.17 bits per heavy atom. The van der Waals surface area contributed by atoms with Gasteiger partial charge in [-0.15, -0.1) is 0 Å². The zero-order chi connectivity index (χ0) is 19.8. The second kappa shape index (κ2) is 7.57. The summed E-state index contributed by atoms with van der Waals surface area (Å²) in [6.07, 6.45) is 9.43. The average Bonchev–Trinajstić information content (AvgIpc) is 3.49. The molecule has 0 bridgehead atoms. The summed E-state index contributed by atoms with van der Waals surface area (Å²) in [7, 11) is 0. The van der Waals surface area contributed by atoms with Crippen LogP contribution in [-0.4, -0.2) is 73.8 Å². The third kappa shape index (κ3) is 3.48. The molecule has 2 aromatic heterocycles. The summed E-state index contributed by atoms with van der Waals surface area (Å²) in [5.74, 6) is 1.47. The lowest BCUT2D eigenvalue weighted by Gasteiger charge is -2.27. The first-order valence-corrected chi connectivity index (χ1v) is 10.8. The highest BCUT2D eigenvalue weighted by molar-refractivity contribution is 5.77. The monoisotopic (exact) mass is 398 g/mol. The minimum atomic E-state index is -0.201. The van der Waals surface area contributed by atoms with Gasteiger partial charge in [0, 0.05) is 62.5 Å². The van der Waals surface area contributed by atoms with E-state index in [1.165, 1.54) is 24.1 Å². The number of nitrogens with one attached hydrogen (secondary N) is 2. The van der Waals surface area contributed by atoms with Crippen LogP contribution in [0.25, 0.3) is 0 Å². The SMILES string of the molecule is O=C(CCc1n[nH]c2c1CCCC2)N1CC2CN(Cc3ncc[nH]3)CC2(CO)C1. The van der Waals surface area contributed by atoms with Gasteiger partial charge in [-0.1, -0.05) is 0 Å². The topological polar surface area (TPSA) is 101 Å². The van der Waals surface area contributed by atoms with Crippen molar-refractivity contribution in [2.24, 2.45) is 11.3 Å². The molecule has 2 atom stereocenters. The Morgan fingerprint density at radius 1 is 1.28 bits per heavy atom. The van der Waals surface area contributed by atoms with Crippen molar-refractivity contribution in [3.63, 3.8) is 0 Å². The summed E-state index contributed by atoms with van der Waals surface area (Å²) in [5.41, 5.74) is 3.50. The Balaban J connectivity index is 1.18. The molecule has 1 aliphatic carbocycles. The molecule has 29 heavy (non-hydrogen) atoms. The minimum Gasteiger partial charge on any atom is -0.396 e. The van der Waals surface area contributed by atoms with Crippen LogP contribution < -0.4 is 0 Å². The van der Waals surface area contributed by atoms with Gasteiger partial charge in [0.1, 0.15) is 5.82 Å². The molecule has 156 valence electrons. The van der Waals surface area contributed by atoms with Gasteiger partial charge in [-0.3, -0.25) is 14.8 Å². The molecule has 8 heteroatoms. The molecule has 3 aliphatic rings. The van der Waals surface area contributed by atoms with Gasteiger partial charge in [-0.2, -0.15) is 5.10 Å². The summed E-state index contributed by atoms with van der Waals surface area (Å²) in [6, 6.07) is 0. The van der Waals surface area contributed by atoms with E-state index in [-0.39, 0.29) is 17.9 Å². The Hall–Kier alpha value is -2.19. The van der Waals surface area contributed by atoms with Gasteiger partial charge in [0.2, 0.25) is 5.91 Å². The number of fused-ring (bicyclic) bond motifs is 2. The van der Waals surface area contributed by atoms with Gasteiger partial charge >= 0.3 is 0 Å². The van der Waals surface area contributed by atoms with Crippen molar-refractivity contribution in [1.82, 2.24) is 30.0 Å². The van der Waals surface area contributed by atoms with Crippen LogP contribution in [0, 0.1) is 11.3 Å². The lowest BCUT2D eigenvalue weighted by Crippen LogP contribution is -2.39. The molecular weight excluding hydrogens is 368 g/mol. The third-order valence-electron chi connectivity index (χ3n) is 7.14. The quantitative estimate of drug-likeness (QED) is 0.671. The summed E-state index contributed by atoms with van der Waals surface area (Å²) >= 11 is 0. The van der Waals surface area contributed by atoms with Gasteiger partial charge in [0.05, 0.1) is 18.8 Å². The van der Waals surface area contributed by atoms with E-state index in [9.17, 15) is 9.90 Å². The lowest BCUT2D eigenvalue weighted by atomic mass is 9.82. The van der Waals surface area contributed by atoms with E-state index in [2.05, 4.69) is 25.1 Å². The van der Waals surface area contributed by atoms with Gasteiger partial charge in [-0.05, 0) is 37.2 Å². The van der Waals surface area contributed by atoms with E-state index in [1.807, 2.05) is 11.1 Å². The van der Waals surface area contributed by atoms with E-state index in [0.717, 1.165) is 50.5 Å². The van der Waals surface area contributed by atoms with Crippen LogP contribution in [0.2, 0.25) is 0 Å². The normalized spacial score (nSPS) is 26.7. The largest absolute Gasteiger partial charge is 0.396 e. The molecule has 2 unspecified atom stereocenters. The molecule has 2 saturated heterocycles. The van der Waals surface area contributed by atoms with Crippen LogP contribution >= 0.6 is 0 Å². The zero-order valence-electron chi connectivity index (χ0n) is 16.9. The number of H-pyrrole nitrogens is 2. The van der Waals surface area contributed by atoms with E-state index in [1.54, 1.807) is 6.20 Å². The average molecular weight is 399 g/mol. The molecule has 5 rings (SSSR count). The Labute approximate surface area is 170 Å². The van der Waals surface area contributed by atoms with Crippen LogP contribution in [0.4, 0.5) is 0 Å². The predicted octanol–water partition coefficient (Wildman–Crippen LogP) is 0.897. The maximum atomic E-state index is 12.9. The molecule has 0 aromatic carbocycles. The molecule has 4 heterocycles. The van der Waals surface area contributed by atoms with E-state index >= 15 is 0 Å². The molecule has 1 amide bonds. The lowest BCUT2D eigenvalue weighted by molar-refractivity contribution is -0.130. The number of aliphatic hydroxyl groups is 1. The number of aliphatic hydroxyl groups excluding tert-OH is 1. The maximum Gasteiger partial charge on any atom is 0.222 e. The third-order valence-corrected chi connectivity index (χ3v) is 7.14. The van der Waals surface area contributed by atoms with Gasteiger partial charge in [-0.25, -0.2) is 4.98 Å². The highest BCUT2D eigenvalue weighted by atomic mass is 16.3. The van der Waals surface area contributed by atoms with Crippen LogP contribution in [0.1, 0.15) is 42.0 Å². The number of imidazole rings is 1. The van der Waals surface area contributed by atoms with Gasteiger partial charge in [0.15, 0.2) is 0 Å². The fourth-order valence-electron chi connectivity index (χ4n) is 5.56. The first-order valence-electron chi connectivity index (χ1n) is 10.8. The number of rotatable bonds is 6. The number of hydrogen-bond donors (Lipinski definition) is 3. The fraction of sp³-hybridized carbons (Fsp3) is 0.667. The number of carbonyl (C=O) groups excluding carboxylic acids is 1. The number of aromatic amines is 2. The van der Waals surface area contributed by atoms with Crippen molar-refractivity contribution in [2.75, 3.05) is 32.8 Å². The van der Waals surface area contributed by atoms with Crippen molar-refractivity contribution in [3.05, 3.63) is 35.2 Å². The zero-order valence-corrected chi connectivity index (χ0v) is 16.9. The first-order chi connectivity index (χ1) is 14.2. The second-order valence-corrected chi connectivity index (χ2v) is 9.03. The standard InChI is InChI=1S/C21H30N6O2/c28-14-21-12-26(11-19-22-7-8-23-19)9-15(21)10-27(13-21)20(29)6-5-18-16-3-1-2-4-17(16)24-25-18/h7-8,15,28H,1-6,9-14H2,(H,22,23)(H,24,25). The molecule has 0 radical (unpaired) electrons. The molecule has 0 spiro atoms. The minimum absolute atomic E-state index is 0.128. The van der Waals surface area contributed by atoms with E-state index < -0.39 is 0 Å². The predicted molar refractivity (Wildman–Crippen MR) is 107 cm³/mol. The van der Waals surface area contributed by atoms with Gasteiger partial charge in [0.25, 0.3) is 0 Å². The smallest absolute Gasteiger partial charge is 0.222 e. The molecular formula is C21H30N6O2. The fourth-order valence-corrected chi connectivity index (χ4v) is 5.56. The number of hydrogen-bond acceptors (Lipinski definition) is 5. The second-order valence-electron chi connectivity index (χ2n) is 9.03. The Bertz CT molecular complexity index is 863. The number of amides is 1. The summed E-state index contributed by atoms with van der Waals surface area (Å²) in [5, 5.41) is 17.8. The number of aryl methyl sites for hydroxylation is 2. The number of nitrogens with zero attached hydrogens (tertiary/aromatic N) is 4. The van der Waals surface area contributed by atoms with E-state index in [0.29, 0.717) is 25.3 Å². The number of aromatic nitrogens is 4. The van der Waals surface area contributed by atoms with Crippen molar-refractivity contribution >= 4 is 5.91 Å². The summed E-state index contributed by atoms with van der Waals surface area (Å²) in [6.45, 7) is 4.00. The van der Waals surface area contributed by atoms with Crippen molar-refractivity contribution in [2.45, 2.75) is 45.1 Å². The van der Waals surface area contributed by atoms with Crippen molar-refractivity contribution in [3.8, 4) is 0 Å². The van der Waals surface area contributed by atoms with Crippen LogP contribution in [0.5, 0.6) is 0 Å². The highest BCUT2D eigenvalue weighted by Gasteiger charge is 2.53. The number of carbonyl (C=O) groups is 1. The van der Waals surface area contributed by atoms with Crippen LogP contribution in [0.3, 0.4) is 0 Å². The van der Waals surface area contributed by atoms with Crippen LogP contribution in [-0.2, 0) is 30.6 Å². The molecule has 0 saturated carbocycles. The summed E-state index contributed by atoms with van der Waals surface area (Å²) < 4.78 is 0. The molecule has 3 N–H and O–H groups in total. The van der Waals surface area contributed by atoms with Crippen molar-refractivity contribution < 1.29 is 9.90 Å². The number of likely N-dealkylation sites (tertiary alicyclic amines) is 2. The van der Waals surface area contributed by atoms with Gasteiger partial charge < -0.3 is 15.0 Å². The molecule has 2 aliphatic heterocycles. The molecule has 8 nitrogen and oxygen atoms in total. The van der Waals surface area contributed by atoms with E-state index in [4.69, 9.17) is 0 Å². The Morgan fingerprint density at radius 3 is 2.97 bits per heavy atom. The molecule has 2 aromatic rings.